The molecule has 18 N–H and O–H groups in total. The molecule has 0 radical (unpaired) electrons. The molecule has 466 valence electrons. The summed E-state index contributed by atoms with van der Waals surface area (Å²) in [6.07, 6.45) is 3.22. The maximum absolute atomic E-state index is 14.4. The van der Waals surface area contributed by atoms with E-state index in [1.165, 1.54) is 0 Å². The Morgan fingerprint density at radius 2 is 0.629 bits per heavy atom. The third-order valence-electron chi connectivity index (χ3n) is 17.4. The van der Waals surface area contributed by atoms with Crippen LogP contribution in [0.3, 0.4) is 0 Å². The second kappa shape index (κ2) is 29.2. The molecular weight excluding hydrogens is 1140 g/mol. The molecule has 3 amide bonds. The molecule has 9 aromatic rings. The molecule has 3 aromatic heterocycles. The Balaban J connectivity index is 0.0000102. The number of fused-ring (bicyclic) bond motifs is 3. The van der Waals surface area contributed by atoms with E-state index in [1.807, 2.05) is 130 Å². The molecule has 0 aliphatic carbocycles. The first kappa shape index (κ1) is 66.4. The van der Waals surface area contributed by atoms with Crippen molar-refractivity contribution in [2.45, 2.75) is 120 Å². The van der Waals surface area contributed by atoms with Crippen molar-refractivity contribution < 1.29 is 28.8 Å². The van der Waals surface area contributed by atoms with Gasteiger partial charge in [0.25, 0.3) is 17.7 Å². The lowest BCUT2D eigenvalue weighted by Crippen LogP contribution is -2.58. The van der Waals surface area contributed by atoms with Gasteiger partial charge in [-0.05, 0) is 186 Å². The Labute approximate surface area is 524 Å². The Morgan fingerprint density at radius 1 is 0.382 bits per heavy atom. The van der Waals surface area contributed by atoms with Crippen LogP contribution in [-0.4, -0.2) is 86.3 Å². The molecule has 0 unspecified atom stereocenters. The minimum atomic E-state index is -1.87. The van der Waals surface area contributed by atoms with Crippen molar-refractivity contribution in [1.82, 2.24) is 15.0 Å². The van der Waals surface area contributed by atoms with Crippen molar-refractivity contribution >= 4 is 97.2 Å². The molecule has 0 saturated heterocycles. The number of nitrogens with one attached hydrogen (secondary N) is 6. The summed E-state index contributed by atoms with van der Waals surface area (Å²) in [4.78, 5) is 96.2. The Morgan fingerprint density at radius 3 is 0.876 bits per heavy atom. The van der Waals surface area contributed by atoms with Gasteiger partial charge >= 0.3 is 0 Å². The van der Waals surface area contributed by atoms with Crippen LogP contribution < -0.4 is 50.4 Å². The highest BCUT2D eigenvalue weighted by Gasteiger charge is 2.44. The maximum atomic E-state index is 14.4. The van der Waals surface area contributed by atoms with E-state index < -0.39 is 57.6 Å². The van der Waals surface area contributed by atoms with Crippen LogP contribution in [0.15, 0.2) is 146 Å². The van der Waals surface area contributed by atoms with Gasteiger partial charge in [0.05, 0.1) is 0 Å². The van der Waals surface area contributed by atoms with E-state index >= 15 is 0 Å². The number of H-pyrrole nitrogens is 3. The predicted molar refractivity (Wildman–Crippen MR) is 358 cm³/mol. The quantitative estimate of drug-likeness (QED) is 0.0114. The van der Waals surface area contributed by atoms with Gasteiger partial charge in [0.1, 0.15) is 0 Å². The fourth-order valence-corrected chi connectivity index (χ4v) is 12.0. The summed E-state index contributed by atoms with van der Waals surface area (Å²) >= 11 is 0. The van der Waals surface area contributed by atoms with Crippen LogP contribution in [0.25, 0.3) is 32.7 Å². The molecule has 0 bridgehead atoms. The van der Waals surface area contributed by atoms with Gasteiger partial charge in [0, 0.05) is 92.0 Å². The largest absolute Gasteiger partial charge is 0.358 e. The average Bonchev–Trinajstić information content (AvgIpc) is 2.45. The molecular formula is C70H83ClN12O6. The standard InChI is InChI=1S/C70H82N12O6.ClH/c1-43-55(52-16-4-7-19-58(52)77-43)40-61(83)68(74,34-10-13-37-71)65(86)80-49-28-22-46(23-29-49)64(47-24-30-50(31-25-47)81-66(87)69(75,35-11-14-38-72)62(84)41-56-44(2)78-59-20-8-5-17-53(56)59)48-26-32-51(33-27-48)82-67(88)70(76,36-12-15-39-73)63(85)42-57-45(3)79-60-21-9-6-18-54(57)60;/h4-9,16-33,64,77-79H,10-15,34-42,71-76H2,1-3H3,(H,80,86)(H,81,87)(H,82,88);1H/t68-,69-,70-;/m1./s1. The van der Waals surface area contributed by atoms with Crippen LogP contribution in [0.1, 0.15) is 114 Å². The lowest BCUT2D eigenvalue weighted by atomic mass is 9.83. The zero-order valence-corrected chi connectivity index (χ0v) is 51.7. The van der Waals surface area contributed by atoms with Gasteiger partial charge in [0.15, 0.2) is 34.0 Å². The summed E-state index contributed by atoms with van der Waals surface area (Å²) in [5, 5.41) is 11.5. The molecule has 9 rings (SSSR count). The number of hydrogen-bond acceptors (Lipinski definition) is 12. The average molecular weight is 1220 g/mol. The van der Waals surface area contributed by atoms with Gasteiger partial charge in [0.2, 0.25) is 0 Å². The number of anilines is 3. The first-order valence-corrected chi connectivity index (χ1v) is 30.3. The van der Waals surface area contributed by atoms with Gasteiger partial charge < -0.3 is 65.3 Å². The first-order valence-electron chi connectivity index (χ1n) is 30.3. The summed E-state index contributed by atoms with van der Waals surface area (Å²) < 4.78 is 0. The van der Waals surface area contributed by atoms with Crippen LogP contribution in [0.2, 0.25) is 0 Å². The number of rotatable bonds is 30. The number of hydrogen-bond donors (Lipinski definition) is 12. The van der Waals surface area contributed by atoms with E-state index in [9.17, 15) is 28.8 Å². The number of halogens is 1. The number of aryl methyl sites for hydroxylation is 3. The molecule has 0 aliphatic heterocycles. The highest BCUT2D eigenvalue weighted by atomic mass is 35.5. The Kier molecular flexibility index (Phi) is 21.7. The number of aromatic amines is 3. The highest BCUT2D eigenvalue weighted by molar-refractivity contribution is 6.18. The summed E-state index contributed by atoms with van der Waals surface area (Å²) in [5.74, 6) is -3.66. The van der Waals surface area contributed by atoms with Crippen molar-refractivity contribution in [3.63, 3.8) is 0 Å². The topological polar surface area (TPSA) is 342 Å². The smallest absolute Gasteiger partial charge is 0.252 e. The molecule has 18 nitrogen and oxygen atoms in total. The summed E-state index contributed by atoms with van der Waals surface area (Å²) in [6.45, 7) is 6.82. The van der Waals surface area contributed by atoms with Crippen molar-refractivity contribution in [1.29, 1.82) is 0 Å². The fourth-order valence-electron chi connectivity index (χ4n) is 12.0. The number of ketones is 3. The van der Waals surface area contributed by atoms with Crippen LogP contribution in [0, 0.1) is 20.8 Å². The van der Waals surface area contributed by atoms with Crippen LogP contribution >= 0.6 is 12.4 Å². The van der Waals surface area contributed by atoms with E-state index in [0.717, 1.165) is 83.2 Å². The van der Waals surface area contributed by atoms with Gasteiger partial charge in [-0.15, -0.1) is 12.4 Å². The zero-order chi connectivity index (χ0) is 62.8. The zero-order valence-electron chi connectivity index (χ0n) is 50.9. The fraction of sp³-hybridized carbons (Fsp3) is 0.314. The monoisotopic (exact) mass is 1220 g/mol. The summed E-state index contributed by atoms with van der Waals surface area (Å²) in [6, 6.07) is 44.8. The number of aromatic nitrogens is 3. The number of nitrogens with two attached hydrogens (primary N) is 6. The summed E-state index contributed by atoms with van der Waals surface area (Å²) in [5.41, 5.74) is 43.7. The number of unbranched alkanes of at least 4 members (excludes halogenated alkanes) is 3. The SMILES string of the molecule is Cc1[nH]c2ccccc2c1CC(=O)[C@](N)(CCCCN)C(=O)Nc1ccc(C(c2ccc(NC(=O)[C@@](N)(CCCCN)C(=O)Cc3c(C)[nH]c4ccccc34)cc2)c2ccc(NC(=O)[C@@](N)(CCCCN)C(=O)Cc3c(C)[nH]c4ccccc34)cc2)cc1.Cl. The van der Waals surface area contributed by atoms with E-state index in [1.54, 1.807) is 36.4 Å². The Hall–Kier alpha value is -8.59. The van der Waals surface area contributed by atoms with Gasteiger partial charge in [-0.2, -0.15) is 0 Å². The molecule has 0 aliphatic rings. The van der Waals surface area contributed by atoms with E-state index in [-0.39, 0.29) is 50.9 Å². The molecule has 3 heterocycles. The van der Waals surface area contributed by atoms with Crippen LogP contribution in [0.4, 0.5) is 17.1 Å². The minimum Gasteiger partial charge on any atom is -0.358 e. The molecule has 6 aromatic carbocycles. The van der Waals surface area contributed by atoms with E-state index in [2.05, 4.69) is 30.9 Å². The summed E-state index contributed by atoms with van der Waals surface area (Å²) in [7, 11) is 0. The van der Waals surface area contributed by atoms with Crippen molar-refractivity contribution in [2.24, 2.45) is 34.4 Å². The molecule has 19 heteroatoms. The lowest BCUT2D eigenvalue weighted by molar-refractivity contribution is -0.134. The third kappa shape index (κ3) is 14.6. The third-order valence-corrected chi connectivity index (χ3v) is 17.4. The highest BCUT2D eigenvalue weighted by Crippen LogP contribution is 2.36. The lowest BCUT2D eigenvalue weighted by Gasteiger charge is -2.28. The molecule has 0 fully saturated rings. The normalized spacial score (nSPS) is 13.6. The number of Topliss-reactive ketones (excluding diaryl/α,β-unsaturated/α-hetero) is 3. The van der Waals surface area contributed by atoms with Gasteiger partial charge in [-0.25, -0.2) is 0 Å². The van der Waals surface area contributed by atoms with Crippen molar-refractivity contribution in [3.05, 3.63) is 196 Å². The first-order chi connectivity index (χ1) is 42.3. The second-order valence-corrected chi connectivity index (χ2v) is 23.4. The number of para-hydroxylation sites is 3. The Bertz CT molecular complexity index is 3580. The van der Waals surface area contributed by atoms with Gasteiger partial charge in [-0.1, -0.05) is 91.0 Å². The number of benzene rings is 6. The van der Waals surface area contributed by atoms with E-state index in [0.29, 0.717) is 75.2 Å². The molecule has 0 spiro atoms. The van der Waals surface area contributed by atoms with Gasteiger partial charge in [-0.3, -0.25) is 28.8 Å². The maximum Gasteiger partial charge on any atom is 0.252 e. The predicted octanol–water partition coefficient (Wildman–Crippen LogP) is 9.39. The van der Waals surface area contributed by atoms with Crippen molar-refractivity contribution in [3.8, 4) is 0 Å². The van der Waals surface area contributed by atoms with Crippen molar-refractivity contribution in [2.75, 3.05) is 35.6 Å². The van der Waals surface area contributed by atoms with Crippen LogP contribution in [-0.2, 0) is 48.0 Å². The number of carbonyl (C=O) groups is 6. The minimum absolute atomic E-state index is 0. The molecule has 89 heavy (non-hydrogen) atoms. The van der Waals surface area contributed by atoms with Crippen LogP contribution in [0.5, 0.6) is 0 Å². The second-order valence-electron chi connectivity index (χ2n) is 23.4. The number of carbonyl (C=O) groups excluding carboxylic acids is 6. The molecule has 0 saturated carbocycles. The number of amides is 3. The molecule has 3 atom stereocenters. The van der Waals surface area contributed by atoms with E-state index in [4.69, 9.17) is 34.4 Å².